The lowest BCUT2D eigenvalue weighted by Gasteiger charge is -2.46. The summed E-state index contributed by atoms with van der Waals surface area (Å²) in [4.78, 5) is 31.4. The summed E-state index contributed by atoms with van der Waals surface area (Å²) < 4.78 is 10.4. The molecule has 2 aromatic carbocycles. The summed E-state index contributed by atoms with van der Waals surface area (Å²) in [5, 5.41) is 24.7. The van der Waals surface area contributed by atoms with E-state index in [9.17, 15) is 19.8 Å². The maximum Gasteiger partial charge on any atom is 0.407 e. The summed E-state index contributed by atoms with van der Waals surface area (Å²) in [5.41, 5.74) is 1.38. The first kappa shape index (κ1) is 29.5. The lowest BCUT2D eigenvalue weighted by Crippen LogP contribution is -2.57. The maximum atomic E-state index is 13.1. The van der Waals surface area contributed by atoms with Crippen LogP contribution in [-0.2, 0) is 4.79 Å². The molecule has 1 aromatic heterocycles. The van der Waals surface area contributed by atoms with Crippen molar-refractivity contribution in [1.29, 1.82) is 0 Å². The number of aliphatic hydroxyl groups is 1. The molecule has 2 amide bonds. The number of carbonyl (C=O) groups excluding carboxylic acids is 1. The van der Waals surface area contributed by atoms with Gasteiger partial charge in [-0.15, -0.1) is 0 Å². The molecule has 3 aromatic rings. The van der Waals surface area contributed by atoms with Crippen LogP contribution in [-0.4, -0.2) is 61.8 Å². The number of amides is 2. The van der Waals surface area contributed by atoms with Gasteiger partial charge in [-0.2, -0.15) is 9.36 Å². The van der Waals surface area contributed by atoms with Crippen LogP contribution in [0.5, 0.6) is 5.19 Å². The molecule has 0 aliphatic heterocycles. The van der Waals surface area contributed by atoms with E-state index in [4.69, 9.17) is 4.74 Å². The third-order valence-corrected chi connectivity index (χ3v) is 8.28. The molecule has 9 nitrogen and oxygen atoms in total. The van der Waals surface area contributed by atoms with Gasteiger partial charge in [0.1, 0.15) is 0 Å². The van der Waals surface area contributed by atoms with Crippen molar-refractivity contribution >= 4 is 23.5 Å². The molecular weight excluding hydrogens is 528 g/mol. The van der Waals surface area contributed by atoms with E-state index in [1.807, 2.05) is 74.5 Å². The Balaban J connectivity index is 1.45. The summed E-state index contributed by atoms with van der Waals surface area (Å²) in [5.74, 6) is 0.0128. The zero-order valence-corrected chi connectivity index (χ0v) is 23.8. The van der Waals surface area contributed by atoms with Crippen LogP contribution in [0.2, 0.25) is 0 Å². The third-order valence-electron chi connectivity index (χ3n) is 7.65. The van der Waals surface area contributed by atoms with E-state index >= 15 is 0 Å². The topological polar surface area (TPSA) is 125 Å². The molecule has 214 valence electrons. The molecule has 1 saturated carbocycles. The molecule has 0 radical (unpaired) electrons. The summed E-state index contributed by atoms with van der Waals surface area (Å²) in [7, 11) is 0. The average molecular weight is 567 g/mol. The Bertz CT molecular complexity index is 1240. The number of nitrogens with zero attached hydrogens (tertiary/aromatic N) is 3. The highest BCUT2D eigenvalue weighted by Gasteiger charge is 2.44. The second-order valence-corrected chi connectivity index (χ2v) is 11.3. The van der Waals surface area contributed by atoms with E-state index in [0.717, 1.165) is 36.8 Å². The Morgan fingerprint density at radius 1 is 1.12 bits per heavy atom. The van der Waals surface area contributed by atoms with Crippen LogP contribution in [0, 0.1) is 5.41 Å². The van der Waals surface area contributed by atoms with Gasteiger partial charge in [0.05, 0.1) is 18.7 Å². The first-order valence-electron chi connectivity index (χ1n) is 13.9. The fourth-order valence-electron chi connectivity index (χ4n) is 5.10. The van der Waals surface area contributed by atoms with Crippen molar-refractivity contribution in [2.24, 2.45) is 5.41 Å². The van der Waals surface area contributed by atoms with Crippen LogP contribution in [0.3, 0.4) is 0 Å². The van der Waals surface area contributed by atoms with E-state index in [-0.39, 0.29) is 19.2 Å². The molecular formula is C30H38N4O5S. The van der Waals surface area contributed by atoms with Gasteiger partial charge in [0.25, 0.3) is 11.1 Å². The minimum atomic E-state index is -1.50. The monoisotopic (exact) mass is 566 g/mol. The van der Waals surface area contributed by atoms with Crippen LogP contribution >= 0.6 is 11.5 Å². The first-order valence-corrected chi connectivity index (χ1v) is 14.6. The number of carboxylic acid groups (broad SMARTS) is 1. The SMILES string of the molecule is CCCC[C@@H](C(O)C(=O)N[C@H](C)c1ccccc1)N(CC1(COc2nc(-c3ccccc3)ns2)CCC1)C(=O)O. The molecule has 3 atom stereocenters. The Labute approximate surface area is 239 Å². The smallest absolute Gasteiger partial charge is 0.407 e. The number of aliphatic hydroxyl groups excluding tert-OH is 1. The molecule has 10 heteroatoms. The molecule has 1 heterocycles. The first-order chi connectivity index (χ1) is 19.3. The van der Waals surface area contributed by atoms with Gasteiger partial charge in [0, 0.05) is 29.1 Å². The number of carbonyl (C=O) groups is 2. The number of ether oxygens (including phenoxy) is 1. The maximum absolute atomic E-state index is 13.1. The van der Waals surface area contributed by atoms with Crippen molar-refractivity contribution in [1.82, 2.24) is 19.6 Å². The quantitative estimate of drug-likeness (QED) is 0.234. The van der Waals surface area contributed by atoms with Gasteiger partial charge in [-0.05, 0) is 31.7 Å². The van der Waals surface area contributed by atoms with Crippen LogP contribution in [0.15, 0.2) is 60.7 Å². The van der Waals surface area contributed by atoms with E-state index in [1.165, 1.54) is 16.4 Å². The van der Waals surface area contributed by atoms with Gasteiger partial charge >= 0.3 is 6.09 Å². The lowest BCUT2D eigenvalue weighted by atomic mass is 9.68. The molecule has 1 fully saturated rings. The van der Waals surface area contributed by atoms with E-state index in [2.05, 4.69) is 14.7 Å². The summed E-state index contributed by atoms with van der Waals surface area (Å²) in [6, 6.07) is 17.9. The molecule has 1 aliphatic rings. The average Bonchev–Trinajstić information content (AvgIpc) is 3.43. The number of aromatic nitrogens is 2. The highest BCUT2D eigenvalue weighted by Crippen LogP contribution is 2.43. The van der Waals surface area contributed by atoms with Crippen molar-refractivity contribution in [3.8, 4) is 16.6 Å². The van der Waals surface area contributed by atoms with E-state index in [1.54, 1.807) is 0 Å². The molecule has 40 heavy (non-hydrogen) atoms. The second-order valence-electron chi connectivity index (χ2n) is 10.6. The molecule has 0 bridgehead atoms. The highest BCUT2D eigenvalue weighted by atomic mass is 32.1. The Hall–Kier alpha value is -3.50. The Morgan fingerprint density at radius 3 is 2.40 bits per heavy atom. The molecule has 4 rings (SSSR count). The van der Waals surface area contributed by atoms with Crippen molar-refractivity contribution in [2.45, 2.75) is 70.6 Å². The zero-order valence-electron chi connectivity index (χ0n) is 23.0. The normalized spacial score (nSPS) is 16.3. The van der Waals surface area contributed by atoms with Crippen LogP contribution in [0.1, 0.15) is 64.0 Å². The number of hydrogen-bond donors (Lipinski definition) is 3. The van der Waals surface area contributed by atoms with E-state index in [0.29, 0.717) is 23.9 Å². The fourth-order valence-corrected chi connectivity index (χ4v) is 5.65. The van der Waals surface area contributed by atoms with Gasteiger partial charge in [0.15, 0.2) is 11.9 Å². The summed E-state index contributed by atoms with van der Waals surface area (Å²) in [6.07, 6.45) is 1.76. The van der Waals surface area contributed by atoms with Crippen molar-refractivity contribution < 1.29 is 24.5 Å². The summed E-state index contributed by atoms with van der Waals surface area (Å²) >= 11 is 1.17. The minimum Gasteiger partial charge on any atom is -0.468 e. The zero-order chi connectivity index (χ0) is 28.5. The number of rotatable bonds is 14. The van der Waals surface area contributed by atoms with Crippen molar-refractivity contribution in [3.63, 3.8) is 0 Å². The standard InChI is InChI=1S/C30H38N4O5S/c1-3-4-16-24(25(35)27(36)31-21(2)22-12-7-5-8-13-22)34(29(37)38)19-30(17-11-18-30)20-39-28-32-26(33-40-28)23-14-9-6-10-15-23/h5-10,12-15,21,24-25,35H,3-4,11,16-20H2,1-2H3,(H,31,36)(H,37,38)/t21-,24+,25?/m1/s1. The molecule has 1 aliphatic carbocycles. The van der Waals surface area contributed by atoms with E-state index < -0.39 is 29.6 Å². The van der Waals surface area contributed by atoms with Crippen LogP contribution in [0.4, 0.5) is 4.79 Å². The van der Waals surface area contributed by atoms with Gasteiger partial charge in [0.2, 0.25) is 0 Å². The second kappa shape index (κ2) is 13.7. The van der Waals surface area contributed by atoms with Gasteiger partial charge < -0.3 is 25.2 Å². The van der Waals surface area contributed by atoms with Crippen LogP contribution < -0.4 is 10.1 Å². The number of benzene rings is 2. The summed E-state index contributed by atoms with van der Waals surface area (Å²) in [6.45, 7) is 4.29. The Morgan fingerprint density at radius 2 is 1.80 bits per heavy atom. The number of nitrogens with one attached hydrogen (secondary N) is 1. The van der Waals surface area contributed by atoms with Crippen molar-refractivity contribution in [2.75, 3.05) is 13.2 Å². The number of hydrogen-bond acceptors (Lipinski definition) is 7. The van der Waals surface area contributed by atoms with Crippen molar-refractivity contribution in [3.05, 3.63) is 66.2 Å². The number of unbranched alkanes of at least 4 members (excludes halogenated alkanes) is 1. The molecule has 3 N–H and O–H groups in total. The fraction of sp³-hybridized carbons (Fsp3) is 0.467. The van der Waals surface area contributed by atoms with Gasteiger partial charge in [-0.1, -0.05) is 86.8 Å². The predicted octanol–water partition coefficient (Wildman–Crippen LogP) is 5.53. The van der Waals surface area contributed by atoms with Crippen LogP contribution in [0.25, 0.3) is 11.4 Å². The minimum absolute atomic E-state index is 0.166. The third kappa shape index (κ3) is 7.37. The largest absolute Gasteiger partial charge is 0.468 e. The van der Waals surface area contributed by atoms with Gasteiger partial charge in [-0.25, -0.2) is 4.79 Å². The highest BCUT2D eigenvalue weighted by molar-refractivity contribution is 7.07. The molecule has 0 saturated heterocycles. The Kier molecular flexibility index (Phi) is 10.1. The van der Waals surface area contributed by atoms with Gasteiger partial charge in [-0.3, -0.25) is 4.79 Å². The predicted molar refractivity (Wildman–Crippen MR) is 154 cm³/mol. The molecule has 0 spiro atoms. The molecule has 1 unspecified atom stereocenters. The lowest BCUT2D eigenvalue weighted by molar-refractivity contribution is -0.134.